The third-order valence-electron chi connectivity index (χ3n) is 2.92. The number of carbonyl (C=O) groups is 1. The van der Waals surface area contributed by atoms with Crippen LogP contribution in [0.1, 0.15) is 6.92 Å². The Kier molecular flexibility index (Phi) is 4.31. The topological polar surface area (TPSA) is 64.2 Å². The lowest BCUT2D eigenvalue weighted by atomic mass is 10.3. The first-order chi connectivity index (χ1) is 10.7. The molecular formula is C15H13ClN2O3S. The quantitative estimate of drug-likeness (QED) is 0.718. The molecule has 3 rings (SSSR count). The van der Waals surface area contributed by atoms with Crippen molar-refractivity contribution in [2.75, 3.05) is 13.2 Å². The van der Waals surface area contributed by atoms with Crippen molar-refractivity contribution in [1.29, 1.82) is 0 Å². The highest BCUT2D eigenvalue weighted by molar-refractivity contribution is 7.19. The molecule has 114 valence electrons. The van der Waals surface area contributed by atoms with Crippen molar-refractivity contribution in [2.45, 2.75) is 6.92 Å². The molecule has 0 fully saturated rings. The maximum Gasteiger partial charge on any atom is 0.344 e. The Hall–Kier alpha value is -2.05. The van der Waals surface area contributed by atoms with E-state index in [9.17, 15) is 4.79 Å². The molecular weight excluding hydrogens is 324 g/mol. The minimum Gasteiger partial charge on any atom is -0.482 e. The van der Waals surface area contributed by atoms with Gasteiger partial charge in [0.1, 0.15) is 11.6 Å². The number of benzene rings is 1. The van der Waals surface area contributed by atoms with Gasteiger partial charge >= 0.3 is 5.97 Å². The summed E-state index contributed by atoms with van der Waals surface area (Å²) in [7, 11) is 0. The minimum atomic E-state index is -0.390. The highest BCUT2D eigenvalue weighted by Gasteiger charge is 2.09. The first-order valence-corrected chi connectivity index (χ1v) is 7.89. The van der Waals surface area contributed by atoms with Crippen molar-refractivity contribution >= 4 is 39.9 Å². The molecule has 0 atom stereocenters. The monoisotopic (exact) mass is 336 g/mol. The molecule has 1 N–H and O–H groups in total. The molecule has 0 amide bonds. The van der Waals surface area contributed by atoms with Gasteiger partial charge in [-0.15, -0.1) is 11.3 Å². The summed E-state index contributed by atoms with van der Waals surface area (Å²) in [5.41, 5.74) is 1.66. The zero-order valence-electron chi connectivity index (χ0n) is 11.8. The van der Waals surface area contributed by atoms with Crippen molar-refractivity contribution in [1.82, 2.24) is 9.97 Å². The normalized spacial score (nSPS) is 10.8. The van der Waals surface area contributed by atoms with Crippen LogP contribution < -0.4 is 4.74 Å². The number of nitrogens with zero attached hydrogens (tertiary/aromatic N) is 1. The maximum absolute atomic E-state index is 11.3. The van der Waals surface area contributed by atoms with Crippen LogP contribution in [0.5, 0.6) is 5.75 Å². The molecule has 0 aliphatic rings. The second-order valence-electron chi connectivity index (χ2n) is 4.46. The number of carbonyl (C=O) groups excluding carboxylic acids is 1. The van der Waals surface area contributed by atoms with Crippen LogP contribution in [-0.2, 0) is 9.53 Å². The summed E-state index contributed by atoms with van der Waals surface area (Å²) in [6.07, 6.45) is 0. The van der Waals surface area contributed by atoms with Crippen molar-refractivity contribution in [3.8, 4) is 16.5 Å². The number of ether oxygens (including phenoxy) is 2. The summed E-state index contributed by atoms with van der Waals surface area (Å²) in [6, 6.07) is 9.18. The van der Waals surface area contributed by atoms with Gasteiger partial charge in [-0.2, -0.15) is 0 Å². The van der Waals surface area contributed by atoms with E-state index in [4.69, 9.17) is 21.1 Å². The molecule has 3 aromatic rings. The van der Waals surface area contributed by atoms with Crippen LogP contribution in [0, 0.1) is 0 Å². The van der Waals surface area contributed by atoms with Crippen LogP contribution in [0.25, 0.3) is 21.7 Å². The second-order valence-corrected chi connectivity index (χ2v) is 6.18. The van der Waals surface area contributed by atoms with Crippen LogP contribution in [0.4, 0.5) is 0 Å². The van der Waals surface area contributed by atoms with Crippen LogP contribution in [0.3, 0.4) is 0 Å². The number of halogens is 1. The third kappa shape index (κ3) is 3.23. The van der Waals surface area contributed by atoms with Gasteiger partial charge in [0.15, 0.2) is 6.61 Å². The van der Waals surface area contributed by atoms with E-state index in [-0.39, 0.29) is 6.61 Å². The average molecular weight is 337 g/mol. The number of hydrogen-bond acceptors (Lipinski definition) is 5. The number of rotatable bonds is 5. The summed E-state index contributed by atoms with van der Waals surface area (Å²) in [5.74, 6) is 0.941. The molecule has 2 heterocycles. The average Bonchev–Trinajstić information content (AvgIpc) is 3.10. The van der Waals surface area contributed by atoms with Crippen LogP contribution in [0.2, 0.25) is 4.34 Å². The molecule has 0 aliphatic heterocycles. The molecule has 0 saturated heterocycles. The highest BCUT2D eigenvalue weighted by Crippen LogP contribution is 2.31. The largest absolute Gasteiger partial charge is 0.482 e. The zero-order chi connectivity index (χ0) is 15.5. The van der Waals surface area contributed by atoms with Gasteiger partial charge < -0.3 is 14.5 Å². The van der Waals surface area contributed by atoms with Gasteiger partial charge in [-0.25, -0.2) is 9.78 Å². The summed E-state index contributed by atoms with van der Waals surface area (Å²) in [6.45, 7) is 1.98. The van der Waals surface area contributed by atoms with Crippen LogP contribution in [0.15, 0.2) is 30.3 Å². The summed E-state index contributed by atoms with van der Waals surface area (Å²) in [4.78, 5) is 20.0. The molecule has 7 heteroatoms. The fourth-order valence-corrected chi connectivity index (χ4v) is 2.97. The van der Waals surface area contributed by atoms with E-state index in [1.807, 2.05) is 18.2 Å². The molecule has 0 bridgehead atoms. The predicted octanol–water partition coefficient (Wildman–Crippen LogP) is 3.89. The fraction of sp³-hybridized carbons (Fsp3) is 0.200. The van der Waals surface area contributed by atoms with Gasteiger partial charge in [0, 0.05) is 6.07 Å². The zero-order valence-corrected chi connectivity index (χ0v) is 13.3. The molecule has 2 aromatic heterocycles. The predicted molar refractivity (Wildman–Crippen MR) is 86.5 cm³/mol. The molecule has 0 unspecified atom stereocenters. The number of aromatic nitrogens is 2. The molecule has 0 aliphatic carbocycles. The molecule has 5 nitrogen and oxygen atoms in total. The van der Waals surface area contributed by atoms with Crippen molar-refractivity contribution in [2.24, 2.45) is 0 Å². The Balaban J connectivity index is 1.79. The van der Waals surface area contributed by atoms with E-state index < -0.39 is 5.97 Å². The van der Waals surface area contributed by atoms with Crippen molar-refractivity contribution in [3.05, 3.63) is 34.7 Å². The van der Waals surface area contributed by atoms with Gasteiger partial charge in [0.25, 0.3) is 0 Å². The summed E-state index contributed by atoms with van der Waals surface area (Å²) in [5, 5.41) is 0. The van der Waals surface area contributed by atoms with Gasteiger partial charge in [0.05, 0.1) is 26.9 Å². The van der Waals surface area contributed by atoms with E-state index in [2.05, 4.69) is 9.97 Å². The number of imidazole rings is 1. The lowest BCUT2D eigenvalue weighted by Gasteiger charge is -2.05. The smallest absolute Gasteiger partial charge is 0.344 e. The first-order valence-electron chi connectivity index (χ1n) is 6.69. The van der Waals surface area contributed by atoms with Gasteiger partial charge in [-0.05, 0) is 31.2 Å². The molecule has 22 heavy (non-hydrogen) atoms. The fourth-order valence-electron chi connectivity index (χ4n) is 1.98. The lowest BCUT2D eigenvalue weighted by molar-refractivity contribution is -0.145. The Labute approximate surface area is 135 Å². The number of esters is 1. The number of thiophene rings is 1. The van der Waals surface area contributed by atoms with Crippen LogP contribution >= 0.6 is 22.9 Å². The van der Waals surface area contributed by atoms with E-state index in [0.29, 0.717) is 16.7 Å². The van der Waals surface area contributed by atoms with Crippen molar-refractivity contribution < 1.29 is 14.3 Å². The number of aromatic amines is 1. The maximum atomic E-state index is 11.3. The second kappa shape index (κ2) is 6.37. The van der Waals surface area contributed by atoms with Crippen LogP contribution in [-0.4, -0.2) is 29.2 Å². The third-order valence-corrected chi connectivity index (χ3v) is 4.16. The molecule has 0 radical (unpaired) electrons. The number of H-pyrrole nitrogens is 1. The van der Waals surface area contributed by atoms with E-state index >= 15 is 0 Å². The van der Waals surface area contributed by atoms with E-state index in [0.717, 1.165) is 21.7 Å². The Morgan fingerprint density at radius 3 is 2.95 bits per heavy atom. The van der Waals surface area contributed by atoms with E-state index in [1.54, 1.807) is 19.1 Å². The Morgan fingerprint density at radius 1 is 1.36 bits per heavy atom. The summed E-state index contributed by atoms with van der Waals surface area (Å²) >= 11 is 7.40. The SMILES string of the molecule is CCOC(=O)COc1ccc2[nH]c(-c3ccc(Cl)s3)nc2c1. The number of nitrogens with one attached hydrogen (secondary N) is 1. The standard InChI is InChI=1S/C15H13ClN2O3S/c1-2-20-14(19)8-21-9-3-4-10-11(7-9)18-15(17-10)12-5-6-13(16)22-12/h3-7H,2,8H2,1H3,(H,17,18). The van der Waals surface area contributed by atoms with Gasteiger partial charge in [-0.1, -0.05) is 11.6 Å². The van der Waals surface area contributed by atoms with Crippen molar-refractivity contribution in [3.63, 3.8) is 0 Å². The van der Waals surface area contributed by atoms with E-state index in [1.165, 1.54) is 11.3 Å². The minimum absolute atomic E-state index is 0.114. The van der Waals surface area contributed by atoms with Gasteiger partial charge in [-0.3, -0.25) is 0 Å². The molecule has 0 saturated carbocycles. The van der Waals surface area contributed by atoms with Gasteiger partial charge in [0.2, 0.25) is 0 Å². The lowest BCUT2D eigenvalue weighted by Crippen LogP contribution is -2.14. The Morgan fingerprint density at radius 2 is 2.23 bits per heavy atom. The molecule has 0 spiro atoms. The number of hydrogen-bond donors (Lipinski definition) is 1. The molecule has 1 aromatic carbocycles. The first kappa shape index (κ1) is 14.9. The summed E-state index contributed by atoms with van der Waals surface area (Å²) < 4.78 is 10.9. The highest BCUT2D eigenvalue weighted by atomic mass is 35.5. The number of fused-ring (bicyclic) bond motifs is 1. The Bertz CT molecular complexity index is 812.